The van der Waals surface area contributed by atoms with E-state index in [-0.39, 0.29) is 17.8 Å². The predicted octanol–water partition coefficient (Wildman–Crippen LogP) is 3.76. The second-order valence-corrected chi connectivity index (χ2v) is 6.92. The summed E-state index contributed by atoms with van der Waals surface area (Å²) in [6.07, 6.45) is 2.29. The monoisotopic (exact) mass is 340 g/mol. The molecule has 1 fully saturated rings. The quantitative estimate of drug-likeness (QED) is 0.899. The van der Waals surface area contributed by atoms with Gasteiger partial charge in [-0.3, -0.25) is 9.69 Å². The molecule has 0 radical (unpaired) electrons. The van der Waals surface area contributed by atoms with Crippen LogP contribution in [0.2, 0.25) is 0 Å². The second kappa shape index (κ2) is 8.26. The summed E-state index contributed by atoms with van der Waals surface area (Å²) >= 11 is 0. The number of nitrogens with one attached hydrogen (secondary N) is 1. The zero-order chi connectivity index (χ0) is 17.6. The van der Waals surface area contributed by atoms with Gasteiger partial charge >= 0.3 is 0 Å². The van der Waals surface area contributed by atoms with Crippen LogP contribution in [-0.4, -0.2) is 30.4 Å². The van der Waals surface area contributed by atoms with Gasteiger partial charge in [0, 0.05) is 0 Å². The highest BCUT2D eigenvalue weighted by molar-refractivity contribution is 5.79. The van der Waals surface area contributed by atoms with Gasteiger partial charge in [-0.25, -0.2) is 4.39 Å². The van der Waals surface area contributed by atoms with E-state index in [1.807, 2.05) is 30.3 Å². The Kier molecular flexibility index (Phi) is 5.82. The number of benzene rings is 2. The molecule has 4 heteroatoms. The summed E-state index contributed by atoms with van der Waals surface area (Å²) in [7, 11) is 0. The number of nitrogens with zero attached hydrogens (tertiary/aromatic N) is 1. The van der Waals surface area contributed by atoms with Crippen LogP contribution in [0.3, 0.4) is 0 Å². The highest BCUT2D eigenvalue weighted by Gasteiger charge is 2.21. The van der Waals surface area contributed by atoms with Crippen LogP contribution < -0.4 is 5.32 Å². The molecule has 132 valence electrons. The van der Waals surface area contributed by atoms with Crippen molar-refractivity contribution in [1.29, 1.82) is 0 Å². The summed E-state index contributed by atoms with van der Waals surface area (Å²) < 4.78 is 13.3. The summed E-state index contributed by atoms with van der Waals surface area (Å²) in [5.74, 6) is 0.479. The Morgan fingerprint density at radius 1 is 1.08 bits per heavy atom. The third-order valence-electron chi connectivity index (χ3n) is 4.89. The first-order chi connectivity index (χ1) is 12.1. The molecule has 0 aromatic heterocycles. The Hall–Kier alpha value is -2.20. The smallest absolute Gasteiger partial charge is 0.234 e. The highest BCUT2D eigenvalue weighted by Crippen LogP contribution is 2.22. The number of carbonyl (C=O) groups excluding carboxylic acids is 1. The molecule has 1 heterocycles. The van der Waals surface area contributed by atoms with Gasteiger partial charge < -0.3 is 5.32 Å². The molecule has 0 aliphatic carbocycles. The molecule has 1 atom stereocenters. The molecule has 0 saturated carbocycles. The molecule has 2 aromatic rings. The van der Waals surface area contributed by atoms with E-state index in [2.05, 4.69) is 17.1 Å². The number of halogens is 1. The first kappa shape index (κ1) is 17.6. The van der Waals surface area contributed by atoms with Gasteiger partial charge in [0.1, 0.15) is 5.82 Å². The van der Waals surface area contributed by atoms with Gasteiger partial charge in [0.25, 0.3) is 0 Å². The highest BCUT2D eigenvalue weighted by atomic mass is 19.1. The van der Waals surface area contributed by atoms with Crippen molar-refractivity contribution < 1.29 is 9.18 Å². The third-order valence-corrected chi connectivity index (χ3v) is 4.89. The van der Waals surface area contributed by atoms with Crippen LogP contribution in [0, 0.1) is 11.7 Å². The summed E-state index contributed by atoms with van der Waals surface area (Å²) in [5, 5.41) is 3.12. The summed E-state index contributed by atoms with van der Waals surface area (Å²) in [5.41, 5.74) is 1.88. The molecule has 0 bridgehead atoms. The SMILES string of the molecule is CC1CCN(CC(=O)NC(c2ccccc2)c2ccc(F)cc2)CC1. The molecule has 1 amide bonds. The van der Waals surface area contributed by atoms with E-state index in [9.17, 15) is 9.18 Å². The summed E-state index contributed by atoms with van der Waals surface area (Å²) in [4.78, 5) is 14.8. The lowest BCUT2D eigenvalue weighted by Gasteiger charge is -2.30. The average Bonchev–Trinajstić information content (AvgIpc) is 2.63. The fourth-order valence-corrected chi connectivity index (χ4v) is 3.29. The minimum atomic E-state index is -0.274. The normalized spacial score (nSPS) is 17.2. The number of hydrogen-bond acceptors (Lipinski definition) is 2. The number of rotatable bonds is 5. The van der Waals surface area contributed by atoms with Crippen LogP contribution in [0.5, 0.6) is 0 Å². The molecule has 3 rings (SSSR count). The third kappa shape index (κ3) is 4.89. The fraction of sp³-hybridized carbons (Fsp3) is 0.381. The Bertz CT molecular complexity index is 679. The molecular formula is C21H25FN2O. The lowest BCUT2D eigenvalue weighted by atomic mass is 9.98. The van der Waals surface area contributed by atoms with Crippen LogP contribution >= 0.6 is 0 Å². The molecule has 1 aliphatic heterocycles. The van der Waals surface area contributed by atoms with E-state index < -0.39 is 0 Å². The van der Waals surface area contributed by atoms with Crippen LogP contribution in [0.15, 0.2) is 54.6 Å². The van der Waals surface area contributed by atoms with Gasteiger partial charge in [0.2, 0.25) is 5.91 Å². The molecule has 1 aliphatic rings. The van der Waals surface area contributed by atoms with Crippen molar-refractivity contribution in [3.8, 4) is 0 Å². The summed E-state index contributed by atoms with van der Waals surface area (Å²) in [6.45, 7) is 4.62. The van der Waals surface area contributed by atoms with E-state index in [4.69, 9.17) is 0 Å². The lowest BCUT2D eigenvalue weighted by Crippen LogP contribution is -2.42. The molecule has 25 heavy (non-hydrogen) atoms. The van der Waals surface area contributed by atoms with Gasteiger partial charge in [0.15, 0.2) is 0 Å². The lowest BCUT2D eigenvalue weighted by molar-refractivity contribution is -0.123. The molecule has 1 unspecified atom stereocenters. The Labute approximate surface area is 148 Å². The largest absolute Gasteiger partial charge is 0.344 e. The van der Waals surface area contributed by atoms with Gasteiger partial charge in [-0.15, -0.1) is 0 Å². The van der Waals surface area contributed by atoms with Gasteiger partial charge in [-0.2, -0.15) is 0 Å². The molecule has 3 nitrogen and oxygen atoms in total. The van der Waals surface area contributed by atoms with E-state index in [1.54, 1.807) is 12.1 Å². The van der Waals surface area contributed by atoms with Crippen molar-refractivity contribution in [1.82, 2.24) is 10.2 Å². The Morgan fingerprint density at radius 2 is 1.68 bits per heavy atom. The fourth-order valence-electron chi connectivity index (χ4n) is 3.29. The number of likely N-dealkylation sites (tertiary alicyclic amines) is 1. The van der Waals surface area contributed by atoms with Gasteiger partial charge in [-0.05, 0) is 55.1 Å². The number of amides is 1. The standard InChI is InChI=1S/C21H25FN2O/c1-16-11-13-24(14-12-16)15-20(25)23-21(17-5-3-2-4-6-17)18-7-9-19(22)10-8-18/h2-10,16,21H,11-15H2,1H3,(H,23,25). The maximum atomic E-state index is 13.3. The Balaban J connectivity index is 1.71. The van der Waals surface area contributed by atoms with Crippen molar-refractivity contribution in [2.45, 2.75) is 25.8 Å². The zero-order valence-electron chi connectivity index (χ0n) is 14.6. The molecule has 0 spiro atoms. The second-order valence-electron chi connectivity index (χ2n) is 6.92. The zero-order valence-corrected chi connectivity index (χ0v) is 14.6. The molecule has 1 saturated heterocycles. The molecular weight excluding hydrogens is 315 g/mol. The predicted molar refractivity (Wildman–Crippen MR) is 97.7 cm³/mol. The minimum Gasteiger partial charge on any atom is -0.344 e. The molecule has 2 aromatic carbocycles. The maximum Gasteiger partial charge on any atom is 0.234 e. The van der Waals surface area contributed by atoms with E-state index in [0.29, 0.717) is 6.54 Å². The average molecular weight is 340 g/mol. The van der Waals surface area contributed by atoms with Crippen molar-refractivity contribution in [2.75, 3.05) is 19.6 Å². The van der Waals surface area contributed by atoms with E-state index in [1.165, 1.54) is 12.1 Å². The number of carbonyl (C=O) groups is 1. The van der Waals surface area contributed by atoms with Crippen molar-refractivity contribution in [3.63, 3.8) is 0 Å². The van der Waals surface area contributed by atoms with Crippen LogP contribution in [-0.2, 0) is 4.79 Å². The van der Waals surface area contributed by atoms with Gasteiger partial charge in [-0.1, -0.05) is 49.4 Å². The van der Waals surface area contributed by atoms with E-state index >= 15 is 0 Å². The molecule has 1 N–H and O–H groups in total. The van der Waals surface area contributed by atoms with Crippen LogP contribution in [0.1, 0.15) is 36.9 Å². The van der Waals surface area contributed by atoms with Gasteiger partial charge in [0.05, 0.1) is 12.6 Å². The minimum absolute atomic E-state index is 0.00716. The van der Waals surface area contributed by atoms with Crippen molar-refractivity contribution >= 4 is 5.91 Å². The van der Waals surface area contributed by atoms with Crippen molar-refractivity contribution in [2.24, 2.45) is 5.92 Å². The van der Waals surface area contributed by atoms with Crippen molar-refractivity contribution in [3.05, 3.63) is 71.5 Å². The number of piperidine rings is 1. The first-order valence-corrected chi connectivity index (χ1v) is 8.94. The van der Waals surface area contributed by atoms with E-state index in [0.717, 1.165) is 43.0 Å². The Morgan fingerprint density at radius 3 is 2.32 bits per heavy atom. The maximum absolute atomic E-state index is 13.3. The first-order valence-electron chi connectivity index (χ1n) is 8.94. The number of hydrogen-bond donors (Lipinski definition) is 1. The van der Waals surface area contributed by atoms with Crippen LogP contribution in [0.4, 0.5) is 4.39 Å². The van der Waals surface area contributed by atoms with Crippen LogP contribution in [0.25, 0.3) is 0 Å². The summed E-state index contributed by atoms with van der Waals surface area (Å²) in [6, 6.07) is 15.9. The topological polar surface area (TPSA) is 32.3 Å².